The van der Waals surface area contributed by atoms with Gasteiger partial charge in [0.25, 0.3) is 0 Å². The summed E-state index contributed by atoms with van der Waals surface area (Å²) in [7, 11) is 0. The fourth-order valence-corrected chi connectivity index (χ4v) is 4.45. The fourth-order valence-electron chi connectivity index (χ4n) is 4.45. The van der Waals surface area contributed by atoms with Gasteiger partial charge in [-0.1, -0.05) is 19.3 Å². The number of nitrogens with one attached hydrogen (secondary N) is 1. The van der Waals surface area contributed by atoms with Gasteiger partial charge in [-0.15, -0.1) is 0 Å². The van der Waals surface area contributed by atoms with Crippen molar-refractivity contribution in [3.63, 3.8) is 0 Å². The Balaban J connectivity index is 1.60. The van der Waals surface area contributed by atoms with Gasteiger partial charge >= 0.3 is 5.97 Å². The van der Waals surface area contributed by atoms with E-state index >= 15 is 0 Å². The predicted molar refractivity (Wildman–Crippen MR) is 70.5 cm³/mol. The maximum Gasteiger partial charge on any atom is 0.308 e. The van der Waals surface area contributed by atoms with Crippen molar-refractivity contribution in [2.45, 2.75) is 57.4 Å². The highest BCUT2D eigenvalue weighted by molar-refractivity contribution is 5.81. The average molecular weight is 265 g/mol. The number of fused-ring (bicyclic) bond motifs is 2. The van der Waals surface area contributed by atoms with Crippen molar-refractivity contribution in [2.24, 2.45) is 23.7 Å². The summed E-state index contributed by atoms with van der Waals surface area (Å²) < 4.78 is 0. The molecule has 0 aromatic carbocycles. The Morgan fingerprint density at radius 1 is 0.947 bits per heavy atom. The molecule has 0 radical (unpaired) electrons. The first kappa shape index (κ1) is 12.9. The zero-order valence-electron chi connectivity index (χ0n) is 11.3. The van der Waals surface area contributed by atoms with Crippen molar-refractivity contribution < 1.29 is 14.7 Å². The lowest BCUT2D eigenvalue weighted by Crippen LogP contribution is -2.47. The second-order valence-electron chi connectivity index (χ2n) is 6.63. The molecule has 4 nitrogen and oxygen atoms in total. The van der Waals surface area contributed by atoms with E-state index in [4.69, 9.17) is 0 Å². The lowest BCUT2D eigenvalue weighted by Gasteiger charge is -2.31. The summed E-state index contributed by atoms with van der Waals surface area (Å²) in [4.78, 5) is 23.6. The van der Waals surface area contributed by atoms with Gasteiger partial charge in [0, 0.05) is 12.0 Å². The molecule has 0 aromatic heterocycles. The SMILES string of the molecule is O=C(NC1CCCCC1C(=O)O)C1CC2CCC1C2. The van der Waals surface area contributed by atoms with Gasteiger partial charge in [0.05, 0.1) is 5.92 Å². The topological polar surface area (TPSA) is 66.4 Å². The van der Waals surface area contributed by atoms with E-state index in [0.717, 1.165) is 31.6 Å². The van der Waals surface area contributed by atoms with E-state index in [2.05, 4.69) is 5.32 Å². The Hall–Kier alpha value is -1.06. The molecular formula is C15H23NO3. The Labute approximate surface area is 113 Å². The van der Waals surface area contributed by atoms with E-state index in [1.54, 1.807) is 0 Å². The molecule has 19 heavy (non-hydrogen) atoms. The summed E-state index contributed by atoms with van der Waals surface area (Å²) in [5, 5.41) is 12.3. The molecule has 3 aliphatic carbocycles. The summed E-state index contributed by atoms with van der Waals surface area (Å²) in [5.74, 6) is 0.481. The van der Waals surface area contributed by atoms with Crippen LogP contribution in [0.25, 0.3) is 0 Å². The van der Waals surface area contributed by atoms with Crippen molar-refractivity contribution in [1.29, 1.82) is 0 Å². The molecule has 0 heterocycles. The second-order valence-corrected chi connectivity index (χ2v) is 6.63. The van der Waals surface area contributed by atoms with Crippen LogP contribution in [0.1, 0.15) is 51.4 Å². The molecule has 3 saturated carbocycles. The molecule has 0 aliphatic heterocycles. The minimum atomic E-state index is -0.752. The third-order valence-corrected chi connectivity index (χ3v) is 5.49. The summed E-state index contributed by atoms with van der Waals surface area (Å²) in [5.41, 5.74) is 0. The van der Waals surface area contributed by atoms with E-state index in [0.29, 0.717) is 12.3 Å². The van der Waals surface area contributed by atoms with Gasteiger partial charge in [-0.25, -0.2) is 0 Å². The molecule has 0 saturated heterocycles. The van der Waals surface area contributed by atoms with Gasteiger partial charge in [0.15, 0.2) is 0 Å². The smallest absolute Gasteiger partial charge is 0.308 e. The average Bonchev–Trinajstić information content (AvgIpc) is 3.01. The van der Waals surface area contributed by atoms with Crippen LogP contribution < -0.4 is 5.32 Å². The minimum absolute atomic E-state index is 0.130. The Bertz CT molecular complexity index is 382. The molecule has 4 heteroatoms. The van der Waals surface area contributed by atoms with Crippen LogP contribution >= 0.6 is 0 Å². The molecule has 5 unspecified atom stereocenters. The maximum absolute atomic E-state index is 12.4. The summed E-state index contributed by atoms with van der Waals surface area (Å²) >= 11 is 0. The van der Waals surface area contributed by atoms with Gasteiger partial charge in [-0.3, -0.25) is 9.59 Å². The van der Waals surface area contributed by atoms with Gasteiger partial charge < -0.3 is 10.4 Å². The largest absolute Gasteiger partial charge is 0.481 e. The molecule has 2 bridgehead atoms. The number of carboxylic acids is 1. The second kappa shape index (κ2) is 5.14. The normalized spacial score (nSPS) is 41.2. The third-order valence-electron chi connectivity index (χ3n) is 5.49. The van der Waals surface area contributed by atoms with E-state index in [1.165, 1.54) is 19.3 Å². The fraction of sp³-hybridized carbons (Fsp3) is 0.867. The first-order chi connectivity index (χ1) is 9.15. The highest BCUT2D eigenvalue weighted by Crippen LogP contribution is 2.48. The van der Waals surface area contributed by atoms with Crippen LogP contribution in [0.5, 0.6) is 0 Å². The quantitative estimate of drug-likeness (QED) is 0.822. The zero-order chi connectivity index (χ0) is 13.4. The van der Waals surface area contributed by atoms with E-state index < -0.39 is 5.97 Å². The van der Waals surface area contributed by atoms with Crippen LogP contribution in [0.2, 0.25) is 0 Å². The molecule has 2 N–H and O–H groups in total. The number of carbonyl (C=O) groups excluding carboxylic acids is 1. The first-order valence-electron chi connectivity index (χ1n) is 7.68. The Morgan fingerprint density at radius 2 is 1.74 bits per heavy atom. The van der Waals surface area contributed by atoms with Crippen molar-refractivity contribution in [3.05, 3.63) is 0 Å². The number of carboxylic acid groups (broad SMARTS) is 1. The third kappa shape index (κ3) is 2.49. The van der Waals surface area contributed by atoms with Crippen molar-refractivity contribution in [3.8, 4) is 0 Å². The van der Waals surface area contributed by atoms with Crippen LogP contribution in [-0.4, -0.2) is 23.0 Å². The minimum Gasteiger partial charge on any atom is -0.481 e. The molecule has 5 atom stereocenters. The maximum atomic E-state index is 12.4. The lowest BCUT2D eigenvalue weighted by atomic mass is 9.83. The molecule has 3 aliphatic rings. The predicted octanol–water partition coefficient (Wildman–Crippen LogP) is 2.18. The molecule has 3 rings (SSSR count). The van der Waals surface area contributed by atoms with Crippen molar-refractivity contribution >= 4 is 11.9 Å². The Kier molecular flexibility index (Phi) is 3.50. The van der Waals surface area contributed by atoms with Gasteiger partial charge in [0.1, 0.15) is 0 Å². The monoisotopic (exact) mass is 265 g/mol. The number of hydrogen-bond donors (Lipinski definition) is 2. The van der Waals surface area contributed by atoms with Crippen LogP contribution in [-0.2, 0) is 9.59 Å². The first-order valence-corrected chi connectivity index (χ1v) is 7.68. The van der Waals surface area contributed by atoms with E-state index in [9.17, 15) is 14.7 Å². The summed E-state index contributed by atoms with van der Waals surface area (Å²) in [6.45, 7) is 0. The van der Waals surface area contributed by atoms with Gasteiger partial charge in [-0.05, 0) is 43.9 Å². The number of aliphatic carboxylic acids is 1. The van der Waals surface area contributed by atoms with E-state index in [-0.39, 0.29) is 23.8 Å². The summed E-state index contributed by atoms with van der Waals surface area (Å²) in [6.07, 6.45) is 8.25. The highest BCUT2D eigenvalue weighted by Gasteiger charge is 2.44. The van der Waals surface area contributed by atoms with Crippen LogP contribution in [0.15, 0.2) is 0 Å². The standard InChI is InChI=1S/C15H23NO3/c17-14(12-8-9-5-6-10(12)7-9)16-13-4-2-1-3-11(13)15(18)19/h9-13H,1-8H2,(H,16,17)(H,18,19). The number of amides is 1. The molecule has 0 spiro atoms. The number of carbonyl (C=O) groups is 2. The Morgan fingerprint density at radius 3 is 2.37 bits per heavy atom. The zero-order valence-corrected chi connectivity index (χ0v) is 11.3. The molecule has 3 fully saturated rings. The van der Waals surface area contributed by atoms with Crippen molar-refractivity contribution in [1.82, 2.24) is 5.32 Å². The number of rotatable bonds is 3. The van der Waals surface area contributed by atoms with Crippen LogP contribution in [0.4, 0.5) is 0 Å². The number of hydrogen-bond acceptors (Lipinski definition) is 2. The highest BCUT2D eigenvalue weighted by atomic mass is 16.4. The van der Waals surface area contributed by atoms with Crippen LogP contribution in [0.3, 0.4) is 0 Å². The lowest BCUT2D eigenvalue weighted by molar-refractivity contribution is -0.144. The molecular weight excluding hydrogens is 242 g/mol. The summed E-state index contributed by atoms with van der Waals surface area (Å²) in [6, 6.07) is -0.141. The van der Waals surface area contributed by atoms with Gasteiger partial charge in [-0.2, -0.15) is 0 Å². The molecule has 0 aromatic rings. The van der Waals surface area contributed by atoms with Crippen molar-refractivity contribution in [2.75, 3.05) is 0 Å². The van der Waals surface area contributed by atoms with Crippen LogP contribution in [0, 0.1) is 23.7 Å². The van der Waals surface area contributed by atoms with Gasteiger partial charge in [0.2, 0.25) is 5.91 Å². The van der Waals surface area contributed by atoms with E-state index in [1.807, 2.05) is 0 Å². The molecule has 1 amide bonds. The molecule has 106 valence electrons.